The summed E-state index contributed by atoms with van der Waals surface area (Å²) in [6, 6.07) is 21.8. The van der Waals surface area contributed by atoms with Crippen molar-refractivity contribution in [1.82, 2.24) is 5.32 Å². The summed E-state index contributed by atoms with van der Waals surface area (Å²) in [7, 11) is 0. The van der Waals surface area contributed by atoms with Crippen LogP contribution >= 0.6 is 0 Å². The fourth-order valence-corrected chi connectivity index (χ4v) is 3.08. The molecule has 0 spiro atoms. The third-order valence-corrected chi connectivity index (χ3v) is 4.76. The molecule has 2 amide bonds. The highest BCUT2D eigenvalue weighted by molar-refractivity contribution is 5.95. The number of ether oxygens (including phenoxy) is 2. The van der Waals surface area contributed by atoms with Gasteiger partial charge in [0.1, 0.15) is 17.1 Å². The monoisotopic (exact) mass is 464 g/mol. The van der Waals surface area contributed by atoms with E-state index in [2.05, 4.69) is 10.6 Å². The Morgan fingerprint density at radius 3 is 2.29 bits per heavy atom. The summed E-state index contributed by atoms with van der Waals surface area (Å²) in [6.45, 7) is -0.422. The summed E-state index contributed by atoms with van der Waals surface area (Å²) >= 11 is 0. The third kappa shape index (κ3) is 7.74. The molecule has 0 saturated heterocycles. The van der Waals surface area contributed by atoms with Gasteiger partial charge in [-0.1, -0.05) is 54.6 Å². The number of hydrogen-bond acceptors (Lipinski definition) is 5. The summed E-state index contributed by atoms with van der Waals surface area (Å²) in [6.07, 6.45) is 1.59. The summed E-state index contributed by atoms with van der Waals surface area (Å²) in [5.41, 5.74) is 1.28. The second kappa shape index (κ2) is 12.7. The highest BCUT2D eigenvalue weighted by Gasteiger charge is 2.16. The summed E-state index contributed by atoms with van der Waals surface area (Å²) in [4.78, 5) is 36.5. The molecule has 3 aromatic rings. The van der Waals surface area contributed by atoms with E-state index in [9.17, 15) is 18.8 Å². The van der Waals surface area contributed by atoms with Gasteiger partial charge in [-0.15, -0.1) is 0 Å². The molecule has 8 heteroatoms. The molecule has 0 radical (unpaired) electrons. The lowest BCUT2D eigenvalue weighted by molar-refractivity contribution is -0.124. The van der Waals surface area contributed by atoms with Crippen molar-refractivity contribution in [3.8, 4) is 5.75 Å². The van der Waals surface area contributed by atoms with E-state index in [1.807, 2.05) is 30.3 Å². The third-order valence-electron chi connectivity index (χ3n) is 4.76. The maximum absolute atomic E-state index is 13.7. The van der Waals surface area contributed by atoms with Gasteiger partial charge in [0.25, 0.3) is 11.8 Å². The quantitative estimate of drug-likeness (QED) is 0.333. The van der Waals surface area contributed by atoms with E-state index < -0.39 is 36.8 Å². The molecule has 2 N–H and O–H groups in total. The topological polar surface area (TPSA) is 93.7 Å². The van der Waals surface area contributed by atoms with Gasteiger partial charge in [0.05, 0.1) is 5.69 Å². The smallest absolute Gasteiger partial charge is 0.342 e. The Morgan fingerprint density at radius 1 is 0.794 bits per heavy atom. The zero-order chi connectivity index (χ0) is 24.2. The van der Waals surface area contributed by atoms with E-state index in [1.165, 1.54) is 35.9 Å². The second-order valence-corrected chi connectivity index (χ2v) is 7.33. The number of aryl methyl sites for hydroxylation is 1. The number of amides is 2. The van der Waals surface area contributed by atoms with Crippen LogP contribution in [0.3, 0.4) is 0 Å². The molecule has 3 rings (SSSR count). The second-order valence-electron chi connectivity index (χ2n) is 7.33. The minimum Gasteiger partial charge on any atom is -0.483 e. The molecule has 0 aliphatic carbocycles. The molecule has 0 bridgehead atoms. The fourth-order valence-electron chi connectivity index (χ4n) is 3.08. The van der Waals surface area contributed by atoms with Crippen molar-refractivity contribution in [2.24, 2.45) is 0 Å². The lowest BCUT2D eigenvalue weighted by Gasteiger charge is -2.12. The minimum atomic E-state index is -0.760. The number of esters is 1. The highest BCUT2D eigenvalue weighted by atomic mass is 19.1. The standard InChI is InChI=1S/C26H25FN2O5/c27-21-13-5-6-14-22(21)29-25(31)18-33-23-15-7-4-12-20(23)26(32)34-17-24(30)28-16-8-11-19-9-2-1-3-10-19/h1-7,9-10,12-15H,8,11,16-18H2,(H,28,30)(H,29,31). The van der Waals surface area contributed by atoms with Crippen LogP contribution < -0.4 is 15.4 Å². The predicted octanol–water partition coefficient (Wildman–Crippen LogP) is 3.75. The maximum atomic E-state index is 13.7. The number of carbonyl (C=O) groups is 3. The number of rotatable bonds is 11. The van der Waals surface area contributed by atoms with E-state index in [4.69, 9.17) is 9.47 Å². The van der Waals surface area contributed by atoms with Gasteiger partial charge in [-0.3, -0.25) is 9.59 Å². The van der Waals surface area contributed by atoms with Crippen LogP contribution in [-0.2, 0) is 20.7 Å². The molecule has 0 saturated carbocycles. The van der Waals surface area contributed by atoms with E-state index in [1.54, 1.807) is 18.2 Å². The number of anilines is 1. The average Bonchev–Trinajstić information content (AvgIpc) is 2.86. The van der Waals surface area contributed by atoms with Gasteiger partial charge >= 0.3 is 5.97 Å². The van der Waals surface area contributed by atoms with Crippen molar-refractivity contribution in [3.63, 3.8) is 0 Å². The van der Waals surface area contributed by atoms with Crippen molar-refractivity contribution < 1.29 is 28.2 Å². The van der Waals surface area contributed by atoms with Gasteiger partial charge in [-0.2, -0.15) is 0 Å². The molecule has 0 heterocycles. The van der Waals surface area contributed by atoms with Crippen LogP contribution in [0.4, 0.5) is 10.1 Å². The first kappa shape index (κ1) is 24.4. The molecule has 0 aliphatic heterocycles. The van der Waals surface area contributed by atoms with Crippen molar-refractivity contribution in [1.29, 1.82) is 0 Å². The van der Waals surface area contributed by atoms with Crippen LogP contribution in [0.1, 0.15) is 22.3 Å². The van der Waals surface area contributed by atoms with E-state index in [0.29, 0.717) is 6.54 Å². The van der Waals surface area contributed by atoms with Gasteiger partial charge in [-0.25, -0.2) is 9.18 Å². The molecular weight excluding hydrogens is 439 g/mol. The summed E-state index contributed by atoms with van der Waals surface area (Å²) in [5.74, 6) is -2.23. The fraction of sp³-hybridized carbons (Fsp3) is 0.192. The zero-order valence-electron chi connectivity index (χ0n) is 18.5. The predicted molar refractivity (Wildman–Crippen MR) is 125 cm³/mol. The van der Waals surface area contributed by atoms with Crippen LogP contribution in [0, 0.1) is 5.82 Å². The molecule has 0 unspecified atom stereocenters. The Labute approximate surface area is 196 Å². The first-order valence-electron chi connectivity index (χ1n) is 10.8. The first-order valence-corrected chi connectivity index (χ1v) is 10.8. The molecule has 0 aromatic heterocycles. The van der Waals surface area contributed by atoms with Crippen LogP contribution in [0.2, 0.25) is 0 Å². The van der Waals surface area contributed by atoms with Gasteiger partial charge in [0.15, 0.2) is 13.2 Å². The van der Waals surface area contributed by atoms with Gasteiger partial charge < -0.3 is 20.1 Å². The summed E-state index contributed by atoms with van der Waals surface area (Å²) in [5, 5.41) is 5.11. The summed E-state index contributed by atoms with van der Waals surface area (Å²) < 4.78 is 24.2. The highest BCUT2D eigenvalue weighted by Crippen LogP contribution is 2.19. The molecule has 34 heavy (non-hydrogen) atoms. The first-order chi connectivity index (χ1) is 16.5. The number of benzene rings is 3. The van der Waals surface area contributed by atoms with Crippen molar-refractivity contribution in [2.45, 2.75) is 12.8 Å². The molecule has 0 fully saturated rings. The Morgan fingerprint density at radius 2 is 1.50 bits per heavy atom. The van der Waals surface area contributed by atoms with Gasteiger partial charge in [0, 0.05) is 6.54 Å². The molecule has 176 valence electrons. The van der Waals surface area contributed by atoms with Crippen LogP contribution in [0.15, 0.2) is 78.9 Å². The number of carbonyl (C=O) groups excluding carboxylic acids is 3. The number of halogens is 1. The zero-order valence-corrected chi connectivity index (χ0v) is 18.5. The lowest BCUT2D eigenvalue weighted by Crippen LogP contribution is -2.30. The van der Waals surface area contributed by atoms with Crippen molar-refractivity contribution in [3.05, 3.63) is 95.8 Å². The number of hydrogen-bond donors (Lipinski definition) is 2. The molecular formula is C26H25FN2O5. The van der Waals surface area contributed by atoms with Gasteiger partial charge in [0.2, 0.25) is 0 Å². The maximum Gasteiger partial charge on any atom is 0.342 e. The molecule has 0 atom stereocenters. The van der Waals surface area contributed by atoms with E-state index in [-0.39, 0.29) is 17.0 Å². The SMILES string of the molecule is O=C(COC(=O)c1ccccc1OCC(=O)Nc1ccccc1F)NCCCc1ccccc1. The Hall–Kier alpha value is -4.20. The van der Waals surface area contributed by atoms with E-state index in [0.717, 1.165) is 12.8 Å². The Bertz CT molecular complexity index is 1120. The average molecular weight is 464 g/mol. The Kier molecular flexibility index (Phi) is 9.16. The Balaban J connectivity index is 1.43. The largest absolute Gasteiger partial charge is 0.483 e. The van der Waals surface area contributed by atoms with Crippen LogP contribution in [0.25, 0.3) is 0 Å². The number of nitrogens with one attached hydrogen (secondary N) is 2. The van der Waals surface area contributed by atoms with E-state index >= 15 is 0 Å². The van der Waals surface area contributed by atoms with Crippen LogP contribution in [0.5, 0.6) is 5.75 Å². The minimum absolute atomic E-state index is 0.0265. The normalized spacial score (nSPS) is 10.3. The molecule has 3 aromatic carbocycles. The lowest BCUT2D eigenvalue weighted by atomic mass is 10.1. The van der Waals surface area contributed by atoms with Crippen molar-refractivity contribution in [2.75, 3.05) is 25.1 Å². The molecule has 7 nitrogen and oxygen atoms in total. The number of para-hydroxylation sites is 2. The van der Waals surface area contributed by atoms with Crippen LogP contribution in [-0.4, -0.2) is 37.5 Å². The van der Waals surface area contributed by atoms with Gasteiger partial charge in [-0.05, 0) is 42.7 Å². The van der Waals surface area contributed by atoms with Crippen molar-refractivity contribution >= 4 is 23.5 Å². The molecule has 0 aliphatic rings.